The highest BCUT2D eigenvalue weighted by Gasteiger charge is 2.32. The Balaban J connectivity index is 1.91. The molecule has 0 aliphatic carbocycles. The summed E-state index contributed by atoms with van der Waals surface area (Å²) in [4.78, 5) is 15.9. The number of ether oxygens (including phenoxy) is 1. The molecule has 0 amide bonds. The van der Waals surface area contributed by atoms with Crippen LogP contribution in [0, 0.1) is 5.92 Å². The topological polar surface area (TPSA) is 44.7 Å². The van der Waals surface area contributed by atoms with Crippen LogP contribution >= 0.6 is 0 Å². The van der Waals surface area contributed by atoms with Crippen molar-refractivity contribution in [1.82, 2.24) is 14.9 Å². The number of hydrogen-bond donors (Lipinski definition) is 0. The predicted octanol–water partition coefficient (Wildman–Crippen LogP) is 0.309. The summed E-state index contributed by atoms with van der Waals surface area (Å²) in [6.45, 7) is 4.68. The van der Waals surface area contributed by atoms with E-state index in [4.69, 9.17) is 4.74 Å². The highest BCUT2D eigenvalue weighted by atomic mass is 16.5. The second kappa shape index (κ2) is 5.54. The van der Waals surface area contributed by atoms with Crippen molar-refractivity contribution >= 4 is 11.6 Å². The van der Waals surface area contributed by atoms with Crippen LogP contribution in [0.5, 0.6) is 0 Å². The van der Waals surface area contributed by atoms with E-state index in [2.05, 4.69) is 26.8 Å². The lowest BCUT2D eigenvalue weighted by molar-refractivity contribution is 0.0930. The van der Waals surface area contributed by atoms with Gasteiger partial charge >= 0.3 is 0 Å². The average Bonchev–Trinajstić information content (AvgIpc) is 2.67. The molecule has 0 saturated carbocycles. The number of likely N-dealkylation sites (N-methyl/N-ethyl adjacent to an activating group) is 1. The minimum Gasteiger partial charge on any atom is -0.379 e. The first kappa shape index (κ1) is 13.6. The zero-order valence-corrected chi connectivity index (χ0v) is 12.5. The first-order valence-corrected chi connectivity index (χ1v) is 7.16. The molecule has 1 aromatic rings. The Labute approximate surface area is 120 Å². The van der Waals surface area contributed by atoms with Gasteiger partial charge < -0.3 is 14.5 Å². The van der Waals surface area contributed by atoms with Crippen LogP contribution in [0.3, 0.4) is 0 Å². The van der Waals surface area contributed by atoms with Gasteiger partial charge in [0.15, 0.2) is 11.6 Å². The summed E-state index contributed by atoms with van der Waals surface area (Å²) in [5.41, 5.74) is 0. The van der Waals surface area contributed by atoms with Gasteiger partial charge in [0.2, 0.25) is 0 Å². The minimum absolute atomic E-state index is 0.430. The number of fused-ring (bicyclic) bond motifs is 3. The van der Waals surface area contributed by atoms with E-state index in [1.807, 2.05) is 19.0 Å². The van der Waals surface area contributed by atoms with Gasteiger partial charge in [0.25, 0.3) is 0 Å². The van der Waals surface area contributed by atoms with Gasteiger partial charge in [-0.2, -0.15) is 0 Å². The molecule has 2 bridgehead atoms. The fraction of sp³-hybridized carbons (Fsp3) is 0.714. The third-order valence-electron chi connectivity index (χ3n) is 4.13. The number of aromatic nitrogens is 2. The third-order valence-corrected chi connectivity index (χ3v) is 4.13. The lowest BCUT2D eigenvalue weighted by atomic mass is 10.1. The van der Waals surface area contributed by atoms with Crippen molar-refractivity contribution in [3.05, 3.63) is 12.4 Å². The normalized spacial score (nSPS) is 27.2. The van der Waals surface area contributed by atoms with Gasteiger partial charge in [-0.1, -0.05) is 0 Å². The van der Waals surface area contributed by atoms with E-state index in [1.165, 1.54) is 0 Å². The van der Waals surface area contributed by atoms with Crippen LogP contribution in [-0.4, -0.2) is 74.9 Å². The Morgan fingerprint density at radius 3 is 2.75 bits per heavy atom. The van der Waals surface area contributed by atoms with Crippen molar-refractivity contribution in [2.45, 2.75) is 6.04 Å². The van der Waals surface area contributed by atoms with Crippen molar-refractivity contribution in [3.8, 4) is 0 Å². The van der Waals surface area contributed by atoms with Gasteiger partial charge in [-0.25, -0.2) is 9.97 Å². The zero-order valence-electron chi connectivity index (χ0n) is 12.5. The first-order valence-electron chi connectivity index (χ1n) is 7.16. The summed E-state index contributed by atoms with van der Waals surface area (Å²) in [6.07, 6.45) is 3.54. The van der Waals surface area contributed by atoms with Crippen molar-refractivity contribution in [2.24, 2.45) is 5.92 Å². The quantitative estimate of drug-likeness (QED) is 0.775. The van der Waals surface area contributed by atoms with E-state index >= 15 is 0 Å². The second-order valence-corrected chi connectivity index (χ2v) is 6.00. The second-order valence-electron chi connectivity index (χ2n) is 6.00. The standard InChI is InChI=1S/C14H23N5O/c1-17(2)13-14(16-5-4-15-13)19-7-11-6-18(3)12(8-19)10-20-9-11/h4-5,11-12H,6-10H2,1-3H3/t11-,12+/m1/s1. The molecule has 6 nitrogen and oxygen atoms in total. The molecule has 2 aliphatic rings. The number of hydrogen-bond acceptors (Lipinski definition) is 6. The van der Waals surface area contributed by atoms with E-state index in [0.29, 0.717) is 12.0 Å². The molecule has 2 aliphatic heterocycles. The van der Waals surface area contributed by atoms with Crippen molar-refractivity contribution < 1.29 is 4.74 Å². The van der Waals surface area contributed by atoms with Crippen LogP contribution in [0.25, 0.3) is 0 Å². The molecule has 0 spiro atoms. The van der Waals surface area contributed by atoms with Gasteiger partial charge in [-0.05, 0) is 7.05 Å². The van der Waals surface area contributed by atoms with Crippen molar-refractivity contribution in [1.29, 1.82) is 0 Å². The van der Waals surface area contributed by atoms with E-state index in [-0.39, 0.29) is 0 Å². The molecule has 1 aromatic heterocycles. The Bertz CT molecular complexity index is 467. The molecule has 3 rings (SSSR count). The summed E-state index contributed by atoms with van der Waals surface area (Å²) in [6, 6.07) is 0.430. The van der Waals surface area contributed by atoms with Crippen LogP contribution < -0.4 is 9.80 Å². The van der Waals surface area contributed by atoms with Gasteiger partial charge in [0, 0.05) is 52.0 Å². The Hall–Kier alpha value is -1.40. The van der Waals surface area contributed by atoms with Crippen molar-refractivity contribution in [2.75, 3.05) is 63.8 Å². The lowest BCUT2D eigenvalue weighted by Crippen LogP contribution is -2.43. The molecule has 2 fully saturated rings. The van der Waals surface area contributed by atoms with E-state index < -0.39 is 0 Å². The molecule has 0 N–H and O–H groups in total. The molecule has 0 aromatic carbocycles. The molecule has 2 atom stereocenters. The first-order chi connectivity index (χ1) is 9.65. The highest BCUT2D eigenvalue weighted by Crippen LogP contribution is 2.27. The minimum atomic E-state index is 0.430. The average molecular weight is 277 g/mol. The maximum absolute atomic E-state index is 5.78. The van der Waals surface area contributed by atoms with Crippen LogP contribution in [-0.2, 0) is 4.74 Å². The van der Waals surface area contributed by atoms with Crippen LogP contribution in [0.2, 0.25) is 0 Å². The van der Waals surface area contributed by atoms with Crippen molar-refractivity contribution in [3.63, 3.8) is 0 Å². The molecule has 0 radical (unpaired) electrons. The van der Waals surface area contributed by atoms with Gasteiger partial charge in [-0.15, -0.1) is 0 Å². The monoisotopic (exact) mass is 277 g/mol. The number of rotatable bonds is 2. The lowest BCUT2D eigenvalue weighted by Gasteiger charge is -2.32. The maximum atomic E-state index is 5.78. The smallest absolute Gasteiger partial charge is 0.172 e. The van der Waals surface area contributed by atoms with Gasteiger partial charge in [0.05, 0.1) is 19.3 Å². The fourth-order valence-corrected chi connectivity index (χ4v) is 3.08. The Kier molecular flexibility index (Phi) is 3.76. The number of anilines is 2. The number of nitrogens with zero attached hydrogens (tertiary/aromatic N) is 5. The third kappa shape index (κ3) is 2.58. The SMILES string of the molecule is CN(C)c1nccnc1N1C[C@@H]2COC[C@H](C1)N(C)C2. The molecule has 110 valence electrons. The Morgan fingerprint density at radius 1 is 1.15 bits per heavy atom. The summed E-state index contributed by atoms with van der Waals surface area (Å²) in [5, 5.41) is 0. The Morgan fingerprint density at radius 2 is 1.95 bits per heavy atom. The summed E-state index contributed by atoms with van der Waals surface area (Å²) in [7, 11) is 6.22. The highest BCUT2D eigenvalue weighted by molar-refractivity contribution is 5.61. The maximum Gasteiger partial charge on any atom is 0.172 e. The molecule has 3 heterocycles. The molecule has 0 unspecified atom stereocenters. The zero-order chi connectivity index (χ0) is 14.1. The fourth-order valence-electron chi connectivity index (χ4n) is 3.08. The van der Waals surface area contributed by atoms with E-state index in [1.54, 1.807) is 12.4 Å². The van der Waals surface area contributed by atoms with Crippen LogP contribution in [0.15, 0.2) is 12.4 Å². The van der Waals surface area contributed by atoms with Crippen LogP contribution in [0.1, 0.15) is 0 Å². The molecular formula is C14H23N5O. The molecule has 2 saturated heterocycles. The molecule has 20 heavy (non-hydrogen) atoms. The van der Waals surface area contributed by atoms with Gasteiger partial charge in [-0.3, -0.25) is 4.90 Å². The van der Waals surface area contributed by atoms with E-state index in [9.17, 15) is 0 Å². The predicted molar refractivity (Wildman–Crippen MR) is 79.3 cm³/mol. The molecule has 6 heteroatoms. The summed E-state index contributed by atoms with van der Waals surface area (Å²) >= 11 is 0. The van der Waals surface area contributed by atoms with Crippen LogP contribution in [0.4, 0.5) is 11.6 Å². The van der Waals surface area contributed by atoms with E-state index in [0.717, 1.165) is 44.5 Å². The molecular weight excluding hydrogens is 254 g/mol. The van der Waals surface area contributed by atoms with Gasteiger partial charge in [0.1, 0.15) is 0 Å². The summed E-state index contributed by atoms with van der Waals surface area (Å²) in [5.74, 6) is 2.46. The summed E-state index contributed by atoms with van der Waals surface area (Å²) < 4.78 is 5.78. The largest absolute Gasteiger partial charge is 0.379 e.